The van der Waals surface area contributed by atoms with Gasteiger partial charge in [-0.25, -0.2) is 4.79 Å². The highest BCUT2D eigenvalue weighted by Crippen LogP contribution is 2.01. The first kappa shape index (κ1) is 14.2. The Labute approximate surface area is 92.5 Å². The molecule has 0 aromatic rings. The van der Waals surface area contributed by atoms with Crippen LogP contribution in [0.4, 0.5) is 0 Å². The smallest absolute Gasteiger partial charge is 0.333 e. The molecule has 0 atom stereocenters. The van der Waals surface area contributed by atoms with E-state index in [1.807, 2.05) is 6.92 Å². The van der Waals surface area contributed by atoms with Crippen molar-refractivity contribution in [3.8, 4) is 0 Å². The van der Waals surface area contributed by atoms with Gasteiger partial charge in [-0.1, -0.05) is 13.0 Å². The number of unbranched alkanes of at least 4 members (excludes halogenated alkanes) is 3. The molecule has 0 aliphatic rings. The number of hydrogen-bond donors (Lipinski definition) is 0. The lowest BCUT2D eigenvalue weighted by atomic mass is 10.2. The number of carbonyl (C=O) groups excluding carboxylic acids is 1. The van der Waals surface area contributed by atoms with Gasteiger partial charge in [0.25, 0.3) is 0 Å². The van der Waals surface area contributed by atoms with Crippen molar-refractivity contribution >= 4 is 5.97 Å². The molecule has 3 heteroatoms. The Morgan fingerprint density at radius 2 is 1.73 bits per heavy atom. The summed E-state index contributed by atoms with van der Waals surface area (Å²) in [5, 5.41) is 0. The summed E-state index contributed by atoms with van der Waals surface area (Å²) in [6.45, 7) is 9.29. The minimum absolute atomic E-state index is 0.288. The number of esters is 1. The quantitative estimate of drug-likeness (QED) is 0.336. The van der Waals surface area contributed by atoms with Crippen molar-refractivity contribution < 1.29 is 14.3 Å². The maximum atomic E-state index is 11.0. The first-order valence-electron chi connectivity index (χ1n) is 5.58. The summed E-state index contributed by atoms with van der Waals surface area (Å²) < 4.78 is 10.2. The standard InChI is InChI=1S/C12H22O3/c1-4-14-9-7-5-6-8-10-15-12(13)11(2)3/h2,4-10H2,1,3H3. The maximum Gasteiger partial charge on any atom is 0.333 e. The highest BCUT2D eigenvalue weighted by Gasteiger charge is 2.01. The fraction of sp³-hybridized carbons (Fsp3) is 0.750. The molecule has 3 nitrogen and oxygen atoms in total. The van der Waals surface area contributed by atoms with E-state index in [0.717, 1.165) is 38.9 Å². The van der Waals surface area contributed by atoms with Gasteiger partial charge in [0.1, 0.15) is 0 Å². The third kappa shape index (κ3) is 9.47. The van der Waals surface area contributed by atoms with Gasteiger partial charge in [0.2, 0.25) is 0 Å². The molecule has 0 bridgehead atoms. The van der Waals surface area contributed by atoms with Crippen LogP contribution in [0.15, 0.2) is 12.2 Å². The zero-order chi connectivity index (χ0) is 11.5. The summed E-state index contributed by atoms with van der Waals surface area (Å²) in [5.41, 5.74) is 0.464. The summed E-state index contributed by atoms with van der Waals surface area (Å²) >= 11 is 0. The summed E-state index contributed by atoms with van der Waals surface area (Å²) in [5.74, 6) is -0.288. The van der Waals surface area contributed by atoms with Crippen LogP contribution in [-0.4, -0.2) is 25.8 Å². The molecule has 0 rings (SSSR count). The predicted octanol–water partition coefficient (Wildman–Crippen LogP) is 2.70. The Kier molecular flexibility index (Phi) is 9.18. The van der Waals surface area contributed by atoms with Crippen LogP contribution in [0.5, 0.6) is 0 Å². The van der Waals surface area contributed by atoms with Crippen molar-refractivity contribution in [2.45, 2.75) is 39.5 Å². The average molecular weight is 214 g/mol. The van der Waals surface area contributed by atoms with Gasteiger partial charge in [0.05, 0.1) is 6.61 Å². The first-order valence-corrected chi connectivity index (χ1v) is 5.58. The lowest BCUT2D eigenvalue weighted by Gasteiger charge is -2.04. The fourth-order valence-corrected chi connectivity index (χ4v) is 1.09. The van der Waals surface area contributed by atoms with Crippen LogP contribution in [0.25, 0.3) is 0 Å². The van der Waals surface area contributed by atoms with Crippen LogP contribution >= 0.6 is 0 Å². The second kappa shape index (κ2) is 9.71. The van der Waals surface area contributed by atoms with Gasteiger partial charge >= 0.3 is 5.97 Å². The third-order valence-corrected chi connectivity index (χ3v) is 1.97. The first-order chi connectivity index (χ1) is 7.18. The zero-order valence-corrected chi connectivity index (χ0v) is 9.88. The summed E-state index contributed by atoms with van der Waals surface area (Å²) in [7, 11) is 0. The zero-order valence-electron chi connectivity index (χ0n) is 9.88. The normalized spacial score (nSPS) is 10.0. The molecule has 15 heavy (non-hydrogen) atoms. The van der Waals surface area contributed by atoms with E-state index in [4.69, 9.17) is 9.47 Å². The Bertz CT molecular complexity index is 187. The van der Waals surface area contributed by atoms with Gasteiger partial charge in [0, 0.05) is 18.8 Å². The Morgan fingerprint density at radius 3 is 2.27 bits per heavy atom. The second-order valence-electron chi connectivity index (χ2n) is 3.53. The van der Waals surface area contributed by atoms with Gasteiger partial charge in [0.15, 0.2) is 0 Å². The number of hydrogen-bond acceptors (Lipinski definition) is 3. The van der Waals surface area contributed by atoms with E-state index in [-0.39, 0.29) is 5.97 Å². The largest absolute Gasteiger partial charge is 0.462 e. The molecule has 0 N–H and O–H groups in total. The molecule has 0 aromatic heterocycles. The molecule has 0 amide bonds. The molecule has 0 aliphatic heterocycles. The van der Waals surface area contributed by atoms with Crippen molar-refractivity contribution in [2.24, 2.45) is 0 Å². The lowest BCUT2D eigenvalue weighted by Crippen LogP contribution is -2.06. The van der Waals surface area contributed by atoms with Crippen molar-refractivity contribution in [3.63, 3.8) is 0 Å². The minimum Gasteiger partial charge on any atom is -0.462 e. The summed E-state index contributed by atoms with van der Waals surface area (Å²) in [6.07, 6.45) is 4.22. The van der Waals surface area contributed by atoms with Gasteiger partial charge in [-0.05, 0) is 33.1 Å². The lowest BCUT2D eigenvalue weighted by molar-refractivity contribution is -0.139. The van der Waals surface area contributed by atoms with Crippen molar-refractivity contribution in [3.05, 3.63) is 12.2 Å². The molecule has 0 radical (unpaired) electrons. The summed E-state index contributed by atoms with van der Waals surface area (Å²) in [6, 6.07) is 0. The van der Waals surface area contributed by atoms with E-state index in [2.05, 4.69) is 6.58 Å². The Balaban J connectivity index is 3.11. The molecule has 0 saturated carbocycles. The third-order valence-electron chi connectivity index (χ3n) is 1.97. The highest BCUT2D eigenvalue weighted by atomic mass is 16.5. The fourth-order valence-electron chi connectivity index (χ4n) is 1.09. The Morgan fingerprint density at radius 1 is 1.13 bits per heavy atom. The number of ether oxygens (including phenoxy) is 2. The van der Waals surface area contributed by atoms with E-state index < -0.39 is 0 Å². The highest BCUT2D eigenvalue weighted by molar-refractivity contribution is 5.86. The van der Waals surface area contributed by atoms with Crippen LogP contribution in [0.1, 0.15) is 39.5 Å². The van der Waals surface area contributed by atoms with E-state index in [0.29, 0.717) is 12.2 Å². The average Bonchev–Trinajstić information content (AvgIpc) is 2.21. The number of rotatable bonds is 9. The molecule has 0 spiro atoms. The predicted molar refractivity (Wildman–Crippen MR) is 60.7 cm³/mol. The monoisotopic (exact) mass is 214 g/mol. The van der Waals surface area contributed by atoms with E-state index >= 15 is 0 Å². The van der Waals surface area contributed by atoms with Gasteiger partial charge in [-0.15, -0.1) is 0 Å². The van der Waals surface area contributed by atoms with Crippen LogP contribution < -0.4 is 0 Å². The summed E-state index contributed by atoms with van der Waals surface area (Å²) in [4.78, 5) is 11.0. The van der Waals surface area contributed by atoms with Crippen LogP contribution in [0.3, 0.4) is 0 Å². The second-order valence-corrected chi connectivity index (χ2v) is 3.53. The van der Waals surface area contributed by atoms with Gasteiger partial charge in [-0.3, -0.25) is 0 Å². The molecule has 0 aromatic carbocycles. The van der Waals surface area contributed by atoms with Crippen molar-refractivity contribution in [2.75, 3.05) is 19.8 Å². The molecular weight excluding hydrogens is 192 g/mol. The molecule has 0 unspecified atom stereocenters. The molecule has 0 heterocycles. The van der Waals surface area contributed by atoms with Gasteiger partial charge < -0.3 is 9.47 Å². The van der Waals surface area contributed by atoms with Crippen molar-refractivity contribution in [1.82, 2.24) is 0 Å². The number of carbonyl (C=O) groups is 1. The van der Waals surface area contributed by atoms with Crippen molar-refractivity contribution in [1.29, 1.82) is 0 Å². The van der Waals surface area contributed by atoms with Crippen LogP contribution in [-0.2, 0) is 14.3 Å². The molecule has 0 aliphatic carbocycles. The molecule has 0 fully saturated rings. The molecular formula is C12H22O3. The maximum absolute atomic E-state index is 11.0. The van der Waals surface area contributed by atoms with Crippen LogP contribution in [0, 0.1) is 0 Å². The molecule has 88 valence electrons. The van der Waals surface area contributed by atoms with Gasteiger partial charge in [-0.2, -0.15) is 0 Å². The minimum atomic E-state index is -0.288. The van der Waals surface area contributed by atoms with E-state index in [1.54, 1.807) is 6.92 Å². The molecule has 0 saturated heterocycles. The SMILES string of the molecule is C=C(C)C(=O)OCCCCCCOCC. The Hall–Kier alpha value is -0.830. The van der Waals surface area contributed by atoms with E-state index in [9.17, 15) is 4.79 Å². The topological polar surface area (TPSA) is 35.5 Å². The van der Waals surface area contributed by atoms with Crippen LogP contribution in [0.2, 0.25) is 0 Å². The van der Waals surface area contributed by atoms with E-state index in [1.165, 1.54) is 0 Å².